The molecule has 0 spiro atoms. The van der Waals surface area contributed by atoms with Crippen LogP contribution in [-0.4, -0.2) is 55.2 Å². The Morgan fingerprint density at radius 2 is 1.49 bits per heavy atom. The van der Waals surface area contributed by atoms with Crippen LogP contribution in [0, 0.1) is 0 Å². The van der Waals surface area contributed by atoms with Crippen molar-refractivity contribution in [2.75, 3.05) is 39.4 Å². The predicted octanol–water partition coefficient (Wildman–Crippen LogP) is 6.12. The second-order valence-electron chi connectivity index (χ2n) is 10.9. The second-order valence-corrected chi connectivity index (χ2v) is 10.9. The van der Waals surface area contributed by atoms with Crippen LogP contribution in [0.25, 0.3) is 10.8 Å². The van der Waals surface area contributed by atoms with Crippen LogP contribution in [0.3, 0.4) is 0 Å². The zero-order valence-corrected chi connectivity index (χ0v) is 24.1. The van der Waals surface area contributed by atoms with Crippen molar-refractivity contribution in [1.29, 1.82) is 0 Å². The standard InChI is InChI=1S/C35H42N4O2/c1-28(33-14-7-12-32-11-5-6-13-34(32)33)37-35(40)39(20-8-19-38-21-23-41-24-22-38)27-31-17-15-30(16-18-31)26-36-25-29-9-3-2-4-10-29/h2-7,9-18,28,36H,8,19-27H2,1H3,(H,37,40)/t28-/m0/s1. The van der Waals surface area contributed by atoms with E-state index in [1.807, 2.05) is 11.0 Å². The molecule has 2 amide bonds. The highest BCUT2D eigenvalue weighted by molar-refractivity contribution is 5.86. The summed E-state index contributed by atoms with van der Waals surface area (Å²) in [5.41, 5.74) is 4.78. The van der Waals surface area contributed by atoms with Gasteiger partial charge in [-0.2, -0.15) is 0 Å². The number of ether oxygens (including phenoxy) is 1. The van der Waals surface area contributed by atoms with E-state index >= 15 is 0 Å². The van der Waals surface area contributed by atoms with Gasteiger partial charge in [-0.1, -0.05) is 97.1 Å². The van der Waals surface area contributed by atoms with Crippen molar-refractivity contribution in [3.8, 4) is 0 Å². The Kier molecular flexibility index (Phi) is 10.4. The van der Waals surface area contributed by atoms with Gasteiger partial charge in [0.05, 0.1) is 19.3 Å². The number of carbonyl (C=O) groups is 1. The molecule has 6 heteroatoms. The lowest BCUT2D eigenvalue weighted by Gasteiger charge is -2.29. The molecule has 6 nitrogen and oxygen atoms in total. The van der Waals surface area contributed by atoms with Gasteiger partial charge in [0, 0.05) is 45.8 Å². The molecular formula is C35H42N4O2. The van der Waals surface area contributed by atoms with Gasteiger partial charge in [-0.3, -0.25) is 4.90 Å². The van der Waals surface area contributed by atoms with E-state index < -0.39 is 0 Å². The third kappa shape index (κ3) is 8.40. The normalized spacial score (nSPS) is 14.6. The minimum atomic E-state index is -0.103. The molecule has 0 aromatic heterocycles. The summed E-state index contributed by atoms with van der Waals surface area (Å²) in [5.74, 6) is 0. The molecular weight excluding hydrogens is 508 g/mol. The Hall–Kier alpha value is -3.71. The smallest absolute Gasteiger partial charge is 0.318 e. The molecule has 1 fully saturated rings. The maximum atomic E-state index is 13.7. The fraction of sp³-hybridized carbons (Fsp3) is 0.343. The summed E-state index contributed by atoms with van der Waals surface area (Å²) in [6.07, 6.45) is 0.928. The van der Waals surface area contributed by atoms with Crippen LogP contribution < -0.4 is 10.6 Å². The number of nitrogens with one attached hydrogen (secondary N) is 2. The van der Waals surface area contributed by atoms with Crippen molar-refractivity contribution in [3.05, 3.63) is 119 Å². The molecule has 214 valence electrons. The summed E-state index contributed by atoms with van der Waals surface area (Å²) in [4.78, 5) is 18.1. The molecule has 0 unspecified atom stereocenters. The van der Waals surface area contributed by atoms with E-state index in [-0.39, 0.29) is 12.1 Å². The van der Waals surface area contributed by atoms with E-state index in [0.717, 1.165) is 63.5 Å². The van der Waals surface area contributed by atoms with Crippen molar-refractivity contribution < 1.29 is 9.53 Å². The Morgan fingerprint density at radius 1 is 0.829 bits per heavy atom. The van der Waals surface area contributed by atoms with Gasteiger partial charge in [0.15, 0.2) is 0 Å². The fourth-order valence-corrected chi connectivity index (χ4v) is 5.47. The average Bonchev–Trinajstić information content (AvgIpc) is 3.02. The first-order valence-electron chi connectivity index (χ1n) is 14.8. The van der Waals surface area contributed by atoms with E-state index in [9.17, 15) is 4.79 Å². The third-order valence-corrected chi connectivity index (χ3v) is 7.82. The van der Waals surface area contributed by atoms with Gasteiger partial charge in [-0.05, 0) is 46.4 Å². The van der Waals surface area contributed by atoms with Crippen LogP contribution in [0.1, 0.15) is 41.6 Å². The number of nitrogens with zero attached hydrogens (tertiary/aromatic N) is 2. The number of hydrogen-bond acceptors (Lipinski definition) is 4. The zero-order valence-electron chi connectivity index (χ0n) is 24.1. The highest BCUT2D eigenvalue weighted by Crippen LogP contribution is 2.24. The predicted molar refractivity (Wildman–Crippen MR) is 167 cm³/mol. The molecule has 1 heterocycles. The summed E-state index contributed by atoms with van der Waals surface area (Å²) in [5, 5.41) is 9.18. The maximum Gasteiger partial charge on any atom is 0.318 e. The molecule has 1 saturated heterocycles. The first-order valence-corrected chi connectivity index (χ1v) is 14.8. The van der Waals surface area contributed by atoms with Crippen molar-refractivity contribution in [2.45, 2.75) is 39.0 Å². The first kappa shape index (κ1) is 28.8. The second kappa shape index (κ2) is 14.8. The molecule has 0 aliphatic carbocycles. The van der Waals surface area contributed by atoms with Crippen molar-refractivity contribution in [2.24, 2.45) is 0 Å². The van der Waals surface area contributed by atoms with Crippen LogP contribution in [0.4, 0.5) is 4.79 Å². The third-order valence-electron chi connectivity index (χ3n) is 7.82. The fourth-order valence-electron chi connectivity index (χ4n) is 5.47. The van der Waals surface area contributed by atoms with Crippen LogP contribution in [-0.2, 0) is 24.4 Å². The topological polar surface area (TPSA) is 56.8 Å². The van der Waals surface area contributed by atoms with Crippen LogP contribution in [0.5, 0.6) is 0 Å². The summed E-state index contributed by atoms with van der Waals surface area (Å²) >= 11 is 0. The largest absolute Gasteiger partial charge is 0.379 e. The molecule has 2 N–H and O–H groups in total. The molecule has 41 heavy (non-hydrogen) atoms. The lowest BCUT2D eigenvalue weighted by Crippen LogP contribution is -2.43. The average molecular weight is 551 g/mol. The van der Waals surface area contributed by atoms with E-state index in [1.54, 1.807) is 0 Å². The number of urea groups is 1. The van der Waals surface area contributed by atoms with Crippen LogP contribution in [0.2, 0.25) is 0 Å². The summed E-state index contributed by atoms with van der Waals surface area (Å²) < 4.78 is 5.50. The molecule has 0 bridgehead atoms. The van der Waals surface area contributed by atoms with Crippen molar-refractivity contribution >= 4 is 16.8 Å². The molecule has 4 aromatic carbocycles. The van der Waals surface area contributed by atoms with Gasteiger partial charge in [0.2, 0.25) is 0 Å². The maximum absolute atomic E-state index is 13.7. The lowest BCUT2D eigenvalue weighted by atomic mass is 10.00. The minimum Gasteiger partial charge on any atom is -0.379 e. The van der Waals surface area contributed by atoms with E-state index in [1.165, 1.54) is 21.9 Å². The van der Waals surface area contributed by atoms with E-state index in [4.69, 9.17) is 4.74 Å². The van der Waals surface area contributed by atoms with Gasteiger partial charge in [-0.25, -0.2) is 4.79 Å². The minimum absolute atomic E-state index is 0.0268. The Labute approximate surface area is 244 Å². The lowest BCUT2D eigenvalue weighted by molar-refractivity contribution is 0.0364. The quantitative estimate of drug-likeness (QED) is 0.223. The van der Waals surface area contributed by atoms with Gasteiger partial charge in [-0.15, -0.1) is 0 Å². The zero-order chi connectivity index (χ0) is 28.3. The molecule has 0 saturated carbocycles. The van der Waals surface area contributed by atoms with Gasteiger partial charge in [0.1, 0.15) is 0 Å². The summed E-state index contributed by atoms with van der Waals surface area (Å²) in [6.45, 7) is 9.48. The van der Waals surface area contributed by atoms with Gasteiger partial charge < -0.3 is 20.3 Å². The molecule has 4 aromatic rings. The molecule has 5 rings (SSSR count). The molecule has 1 aliphatic heterocycles. The Bertz CT molecular complexity index is 1360. The Morgan fingerprint density at radius 3 is 2.27 bits per heavy atom. The van der Waals surface area contributed by atoms with Crippen LogP contribution >= 0.6 is 0 Å². The molecule has 1 aliphatic rings. The van der Waals surface area contributed by atoms with Crippen molar-refractivity contribution in [3.63, 3.8) is 0 Å². The number of rotatable bonds is 12. The highest BCUT2D eigenvalue weighted by atomic mass is 16.5. The van der Waals surface area contributed by atoms with Gasteiger partial charge in [0.25, 0.3) is 0 Å². The number of hydrogen-bond donors (Lipinski definition) is 2. The van der Waals surface area contributed by atoms with Gasteiger partial charge >= 0.3 is 6.03 Å². The Balaban J connectivity index is 1.21. The van der Waals surface area contributed by atoms with E-state index in [0.29, 0.717) is 13.1 Å². The molecule has 0 radical (unpaired) electrons. The first-order chi connectivity index (χ1) is 20.2. The van der Waals surface area contributed by atoms with E-state index in [2.05, 4.69) is 113 Å². The highest BCUT2D eigenvalue weighted by Gasteiger charge is 2.19. The summed E-state index contributed by atoms with van der Waals surface area (Å²) in [7, 11) is 0. The number of fused-ring (bicyclic) bond motifs is 1. The molecule has 1 atom stereocenters. The monoisotopic (exact) mass is 550 g/mol. The number of carbonyl (C=O) groups excluding carboxylic acids is 1. The summed E-state index contributed by atoms with van der Waals surface area (Å²) in [6, 6.07) is 33.6. The number of amides is 2. The van der Waals surface area contributed by atoms with Crippen LogP contribution in [0.15, 0.2) is 97.1 Å². The van der Waals surface area contributed by atoms with Crippen molar-refractivity contribution in [1.82, 2.24) is 20.4 Å². The SMILES string of the molecule is C[C@H](NC(=O)N(CCCN1CCOCC1)Cc1ccc(CNCc2ccccc2)cc1)c1cccc2ccccc12. The number of morpholine rings is 1. The number of benzene rings is 4.